The Morgan fingerprint density at radius 2 is 1.95 bits per heavy atom. The molecule has 0 aromatic carbocycles. The quantitative estimate of drug-likeness (QED) is 0.571. The summed E-state index contributed by atoms with van der Waals surface area (Å²) in [7, 11) is 0. The van der Waals surface area contributed by atoms with Crippen LogP contribution in [0.2, 0.25) is 0 Å². The number of hydrogen-bond donors (Lipinski definition) is 3. The van der Waals surface area contributed by atoms with Crippen molar-refractivity contribution in [1.82, 2.24) is 10.6 Å². The number of carbonyl (C=O) groups is 2. The molecule has 0 spiro atoms. The van der Waals surface area contributed by atoms with Gasteiger partial charge in [-0.05, 0) is 39.0 Å². The van der Waals surface area contributed by atoms with Gasteiger partial charge in [-0.15, -0.1) is 0 Å². The monoisotopic (exact) mass is 300 g/mol. The molecule has 0 saturated heterocycles. The van der Waals surface area contributed by atoms with E-state index >= 15 is 0 Å². The maximum Gasteiger partial charge on any atom is 0.308 e. The second-order valence-corrected chi connectivity index (χ2v) is 5.70. The van der Waals surface area contributed by atoms with Crippen molar-refractivity contribution in [2.24, 2.45) is 5.92 Å². The summed E-state index contributed by atoms with van der Waals surface area (Å²) in [6.07, 6.45) is 3.29. The first-order valence-corrected chi connectivity index (χ1v) is 7.87. The van der Waals surface area contributed by atoms with E-state index in [4.69, 9.17) is 4.74 Å². The zero-order chi connectivity index (χ0) is 15.7. The molecule has 6 heteroatoms. The summed E-state index contributed by atoms with van der Waals surface area (Å²) in [5.41, 5.74) is -0.825. The van der Waals surface area contributed by atoms with Crippen LogP contribution in [0.15, 0.2) is 0 Å². The van der Waals surface area contributed by atoms with E-state index in [0.717, 1.165) is 6.42 Å². The van der Waals surface area contributed by atoms with Gasteiger partial charge in [0.25, 0.3) is 0 Å². The molecule has 0 heterocycles. The fourth-order valence-corrected chi connectivity index (χ4v) is 2.56. The van der Waals surface area contributed by atoms with Gasteiger partial charge in [0, 0.05) is 13.1 Å². The van der Waals surface area contributed by atoms with E-state index in [1.165, 1.54) is 0 Å². The van der Waals surface area contributed by atoms with Crippen LogP contribution in [0.3, 0.4) is 0 Å². The topological polar surface area (TPSA) is 87.7 Å². The molecule has 3 N–H and O–H groups in total. The molecule has 1 rings (SSSR count). The normalized spacial score (nSPS) is 25.4. The number of carbonyl (C=O) groups excluding carboxylic acids is 2. The minimum atomic E-state index is -0.825. The first kappa shape index (κ1) is 17.9. The van der Waals surface area contributed by atoms with Gasteiger partial charge >= 0.3 is 5.97 Å². The van der Waals surface area contributed by atoms with Gasteiger partial charge in [-0.2, -0.15) is 0 Å². The van der Waals surface area contributed by atoms with Crippen molar-refractivity contribution >= 4 is 11.9 Å². The SMILES string of the molecule is CCCNC(=O)CNCC1(O)CCC(C(=O)OCC)CC1. The molecule has 0 unspecified atom stereocenters. The molecule has 0 bridgehead atoms. The van der Waals surface area contributed by atoms with Crippen LogP contribution in [0.25, 0.3) is 0 Å². The molecule has 122 valence electrons. The fourth-order valence-electron chi connectivity index (χ4n) is 2.56. The van der Waals surface area contributed by atoms with E-state index in [1.54, 1.807) is 6.92 Å². The van der Waals surface area contributed by atoms with Gasteiger partial charge in [-0.1, -0.05) is 6.92 Å². The Bertz CT molecular complexity index is 339. The van der Waals surface area contributed by atoms with Crippen molar-refractivity contribution < 1.29 is 19.4 Å². The van der Waals surface area contributed by atoms with Crippen LogP contribution in [0.4, 0.5) is 0 Å². The van der Waals surface area contributed by atoms with Crippen LogP contribution in [-0.4, -0.2) is 48.8 Å². The molecule has 1 saturated carbocycles. The number of hydrogen-bond acceptors (Lipinski definition) is 5. The average molecular weight is 300 g/mol. The summed E-state index contributed by atoms with van der Waals surface area (Å²) in [6.45, 7) is 5.45. The van der Waals surface area contributed by atoms with Crippen molar-refractivity contribution in [3.63, 3.8) is 0 Å². The van der Waals surface area contributed by atoms with Crippen molar-refractivity contribution in [3.05, 3.63) is 0 Å². The van der Waals surface area contributed by atoms with Gasteiger partial charge in [0.1, 0.15) is 0 Å². The predicted molar refractivity (Wildman–Crippen MR) is 79.7 cm³/mol. The van der Waals surface area contributed by atoms with E-state index in [9.17, 15) is 14.7 Å². The van der Waals surface area contributed by atoms with E-state index in [0.29, 0.717) is 45.4 Å². The first-order valence-electron chi connectivity index (χ1n) is 7.87. The lowest BCUT2D eigenvalue weighted by atomic mass is 9.79. The summed E-state index contributed by atoms with van der Waals surface area (Å²) in [4.78, 5) is 23.1. The summed E-state index contributed by atoms with van der Waals surface area (Å²) in [6, 6.07) is 0. The van der Waals surface area contributed by atoms with E-state index in [1.807, 2.05) is 6.92 Å². The summed E-state index contributed by atoms with van der Waals surface area (Å²) >= 11 is 0. The predicted octanol–water partition coefficient (Wildman–Crippen LogP) is 0.587. The molecule has 1 aliphatic rings. The number of esters is 1. The van der Waals surface area contributed by atoms with Gasteiger partial charge in [-0.25, -0.2) is 0 Å². The second kappa shape index (κ2) is 9.00. The zero-order valence-electron chi connectivity index (χ0n) is 13.1. The molecule has 1 fully saturated rings. The Morgan fingerprint density at radius 1 is 1.29 bits per heavy atom. The van der Waals surface area contributed by atoms with Gasteiger partial charge < -0.3 is 20.5 Å². The Hall–Kier alpha value is -1.14. The number of ether oxygens (including phenoxy) is 1. The maximum absolute atomic E-state index is 11.6. The largest absolute Gasteiger partial charge is 0.466 e. The highest BCUT2D eigenvalue weighted by Crippen LogP contribution is 2.32. The van der Waals surface area contributed by atoms with Crippen LogP contribution >= 0.6 is 0 Å². The third kappa shape index (κ3) is 6.44. The summed E-state index contributed by atoms with van der Waals surface area (Å²) in [5.74, 6) is -0.315. The van der Waals surface area contributed by atoms with Crippen molar-refractivity contribution in [2.75, 3.05) is 26.2 Å². The van der Waals surface area contributed by atoms with Crippen molar-refractivity contribution in [1.29, 1.82) is 0 Å². The Balaban J connectivity index is 2.24. The molecular weight excluding hydrogens is 272 g/mol. The minimum Gasteiger partial charge on any atom is -0.466 e. The lowest BCUT2D eigenvalue weighted by molar-refractivity contribution is -0.151. The third-order valence-corrected chi connectivity index (χ3v) is 3.85. The molecule has 0 aromatic rings. The number of rotatable bonds is 8. The second-order valence-electron chi connectivity index (χ2n) is 5.70. The Labute approximate surface area is 126 Å². The average Bonchev–Trinajstić information content (AvgIpc) is 2.46. The number of nitrogens with one attached hydrogen (secondary N) is 2. The Morgan fingerprint density at radius 3 is 2.52 bits per heavy atom. The summed E-state index contributed by atoms with van der Waals surface area (Å²) < 4.78 is 5.01. The molecule has 0 aliphatic heterocycles. The van der Waals surface area contributed by atoms with Crippen LogP contribution in [0, 0.1) is 5.92 Å². The highest BCUT2D eigenvalue weighted by molar-refractivity contribution is 5.77. The first-order chi connectivity index (χ1) is 10.0. The van der Waals surface area contributed by atoms with E-state index < -0.39 is 5.60 Å². The van der Waals surface area contributed by atoms with Crippen molar-refractivity contribution in [2.45, 2.75) is 51.6 Å². The highest BCUT2D eigenvalue weighted by Gasteiger charge is 2.36. The fraction of sp³-hybridized carbons (Fsp3) is 0.867. The van der Waals surface area contributed by atoms with Crippen LogP contribution < -0.4 is 10.6 Å². The minimum absolute atomic E-state index is 0.0549. The third-order valence-electron chi connectivity index (χ3n) is 3.85. The van der Waals surface area contributed by atoms with E-state index in [2.05, 4.69) is 10.6 Å². The molecule has 0 atom stereocenters. The molecule has 21 heavy (non-hydrogen) atoms. The lowest BCUT2D eigenvalue weighted by Crippen LogP contribution is -2.47. The standard InChI is InChI=1S/C15H28N2O4/c1-3-9-17-13(18)10-16-11-15(20)7-5-12(6-8-15)14(19)21-4-2/h12,16,20H,3-11H2,1-2H3,(H,17,18). The molecule has 1 amide bonds. The van der Waals surface area contributed by atoms with Gasteiger partial charge in [-0.3, -0.25) is 9.59 Å². The van der Waals surface area contributed by atoms with Crippen LogP contribution in [-0.2, 0) is 14.3 Å². The Kier molecular flexibility index (Phi) is 7.67. The molecule has 6 nitrogen and oxygen atoms in total. The van der Waals surface area contributed by atoms with E-state index in [-0.39, 0.29) is 24.3 Å². The van der Waals surface area contributed by atoms with Gasteiger partial charge in [0.2, 0.25) is 5.91 Å². The number of amides is 1. The van der Waals surface area contributed by atoms with Gasteiger partial charge in [0.15, 0.2) is 0 Å². The maximum atomic E-state index is 11.6. The molecular formula is C15H28N2O4. The van der Waals surface area contributed by atoms with Crippen molar-refractivity contribution in [3.8, 4) is 0 Å². The van der Waals surface area contributed by atoms with Crippen LogP contribution in [0.1, 0.15) is 46.0 Å². The molecule has 0 aromatic heterocycles. The highest BCUT2D eigenvalue weighted by atomic mass is 16.5. The molecule has 0 radical (unpaired) electrons. The zero-order valence-corrected chi connectivity index (χ0v) is 13.1. The van der Waals surface area contributed by atoms with Gasteiger partial charge in [0.05, 0.1) is 24.7 Å². The smallest absolute Gasteiger partial charge is 0.308 e. The number of aliphatic hydroxyl groups is 1. The van der Waals surface area contributed by atoms with Crippen LogP contribution in [0.5, 0.6) is 0 Å². The summed E-state index contributed by atoms with van der Waals surface area (Å²) in [5, 5.41) is 16.2. The molecule has 1 aliphatic carbocycles. The lowest BCUT2D eigenvalue weighted by Gasteiger charge is -2.35.